The predicted molar refractivity (Wildman–Crippen MR) is 70.3 cm³/mol. The molecule has 0 aliphatic carbocycles. The first-order valence-corrected chi connectivity index (χ1v) is 6.31. The van der Waals surface area contributed by atoms with E-state index in [1.54, 1.807) is 6.92 Å². The molecule has 0 bridgehead atoms. The van der Waals surface area contributed by atoms with Crippen molar-refractivity contribution in [3.8, 4) is 0 Å². The summed E-state index contributed by atoms with van der Waals surface area (Å²) in [6.07, 6.45) is 0. The third kappa shape index (κ3) is 3.55. The summed E-state index contributed by atoms with van der Waals surface area (Å²) in [6, 6.07) is 7.88. The Balaban J connectivity index is 1.99. The van der Waals surface area contributed by atoms with Crippen LogP contribution in [0.15, 0.2) is 28.8 Å². The molecule has 4 nitrogen and oxygen atoms in total. The Morgan fingerprint density at radius 3 is 2.50 bits per heavy atom. The number of aromatic nitrogens is 2. The fraction of sp³-hybridized carbons (Fsp3) is 0.385. The molecule has 0 radical (unpaired) electrons. The van der Waals surface area contributed by atoms with E-state index in [9.17, 15) is 0 Å². The fourth-order valence-electron chi connectivity index (χ4n) is 1.73. The number of hydrogen-bond acceptors (Lipinski definition) is 4. The molecule has 0 saturated carbocycles. The van der Waals surface area contributed by atoms with E-state index in [2.05, 4.69) is 22.0 Å². The lowest BCUT2D eigenvalue weighted by Crippen LogP contribution is -2.22. The van der Waals surface area contributed by atoms with E-state index in [4.69, 9.17) is 16.1 Å². The van der Waals surface area contributed by atoms with Gasteiger partial charge in [-0.3, -0.25) is 4.90 Å². The van der Waals surface area contributed by atoms with Crippen LogP contribution < -0.4 is 0 Å². The van der Waals surface area contributed by atoms with Gasteiger partial charge in [-0.15, -0.1) is 0 Å². The number of hydrogen-bond donors (Lipinski definition) is 0. The molecule has 0 amide bonds. The van der Waals surface area contributed by atoms with E-state index < -0.39 is 0 Å². The minimum atomic E-state index is 0.604. The van der Waals surface area contributed by atoms with Crippen molar-refractivity contribution in [3.63, 3.8) is 0 Å². The summed E-state index contributed by atoms with van der Waals surface area (Å²) in [4.78, 5) is 6.46. The molecule has 0 fully saturated rings. The van der Waals surface area contributed by atoms with Crippen LogP contribution in [-0.2, 0) is 13.1 Å². The highest BCUT2D eigenvalue weighted by molar-refractivity contribution is 6.30. The molecule has 0 spiro atoms. The lowest BCUT2D eigenvalue weighted by molar-refractivity contribution is 0.259. The Bertz CT molecular complexity index is 495. The van der Waals surface area contributed by atoms with Gasteiger partial charge in [0.15, 0.2) is 5.82 Å². The van der Waals surface area contributed by atoms with Crippen molar-refractivity contribution in [1.82, 2.24) is 15.0 Å². The van der Waals surface area contributed by atoms with Crippen molar-refractivity contribution in [2.24, 2.45) is 0 Å². The first-order valence-electron chi connectivity index (χ1n) is 5.93. The Kier molecular flexibility index (Phi) is 4.33. The van der Waals surface area contributed by atoms with Crippen molar-refractivity contribution >= 4 is 11.6 Å². The minimum absolute atomic E-state index is 0.604. The van der Waals surface area contributed by atoms with Gasteiger partial charge < -0.3 is 4.52 Å². The Morgan fingerprint density at radius 2 is 1.94 bits per heavy atom. The molecule has 18 heavy (non-hydrogen) atoms. The summed E-state index contributed by atoms with van der Waals surface area (Å²) < 4.78 is 4.97. The number of halogens is 1. The lowest BCUT2D eigenvalue weighted by atomic mass is 10.2. The van der Waals surface area contributed by atoms with Crippen LogP contribution >= 0.6 is 11.6 Å². The molecule has 0 atom stereocenters. The molecule has 1 heterocycles. The highest BCUT2D eigenvalue weighted by atomic mass is 35.5. The molecule has 2 aromatic rings. The molecule has 0 unspecified atom stereocenters. The molecule has 0 aliphatic rings. The van der Waals surface area contributed by atoms with Gasteiger partial charge in [0.1, 0.15) is 0 Å². The zero-order valence-electron chi connectivity index (χ0n) is 10.6. The summed E-state index contributed by atoms with van der Waals surface area (Å²) in [7, 11) is 0. The molecule has 1 aromatic heterocycles. The summed E-state index contributed by atoms with van der Waals surface area (Å²) in [5.41, 5.74) is 1.22. The number of rotatable bonds is 5. The van der Waals surface area contributed by atoms with E-state index in [0.29, 0.717) is 12.4 Å². The zero-order valence-corrected chi connectivity index (χ0v) is 11.3. The zero-order chi connectivity index (χ0) is 13.0. The Hall–Kier alpha value is -1.39. The molecule has 96 valence electrons. The van der Waals surface area contributed by atoms with Gasteiger partial charge >= 0.3 is 0 Å². The van der Waals surface area contributed by atoms with Crippen molar-refractivity contribution in [2.75, 3.05) is 6.54 Å². The number of benzene rings is 1. The van der Waals surface area contributed by atoms with Crippen LogP contribution in [0.3, 0.4) is 0 Å². The van der Waals surface area contributed by atoms with Gasteiger partial charge in [-0.25, -0.2) is 0 Å². The average Bonchev–Trinajstić information content (AvgIpc) is 2.77. The first-order chi connectivity index (χ1) is 8.67. The Morgan fingerprint density at radius 1 is 1.22 bits per heavy atom. The third-order valence-electron chi connectivity index (χ3n) is 2.70. The van der Waals surface area contributed by atoms with E-state index >= 15 is 0 Å². The third-order valence-corrected chi connectivity index (χ3v) is 2.95. The second-order valence-electron chi connectivity index (χ2n) is 4.16. The largest absolute Gasteiger partial charge is 0.340 e. The quantitative estimate of drug-likeness (QED) is 0.833. The molecule has 0 saturated heterocycles. The lowest BCUT2D eigenvalue weighted by Gasteiger charge is -2.18. The van der Waals surface area contributed by atoms with Crippen molar-refractivity contribution in [2.45, 2.75) is 26.9 Å². The second kappa shape index (κ2) is 5.98. The summed E-state index contributed by atoms with van der Waals surface area (Å²) in [5.74, 6) is 1.33. The van der Waals surface area contributed by atoms with Gasteiger partial charge in [-0.1, -0.05) is 35.8 Å². The maximum atomic E-state index is 5.87. The van der Waals surface area contributed by atoms with E-state index in [-0.39, 0.29) is 0 Å². The van der Waals surface area contributed by atoms with Crippen LogP contribution in [0, 0.1) is 6.92 Å². The summed E-state index contributed by atoms with van der Waals surface area (Å²) in [6.45, 7) is 6.38. The molecular weight excluding hydrogens is 250 g/mol. The highest BCUT2D eigenvalue weighted by Gasteiger charge is 2.09. The molecule has 5 heteroatoms. The van der Waals surface area contributed by atoms with E-state index in [1.807, 2.05) is 24.3 Å². The SMILES string of the molecule is CCN(Cc1ccc(Cl)cc1)Cc1noc(C)n1. The first kappa shape index (κ1) is 13.1. The van der Waals surface area contributed by atoms with Gasteiger partial charge in [0, 0.05) is 18.5 Å². The van der Waals surface area contributed by atoms with E-state index in [0.717, 1.165) is 23.9 Å². The topological polar surface area (TPSA) is 42.2 Å². The molecule has 0 aliphatic heterocycles. The van der Waals surface area contributed by atoms with Gasteiger partial charge in [0.05, 0.1) is 6.54 Å². The van der Waals surface area contributed by atoms with Gasteiger partial charge in [-0.2, -0.15) is 4.98 Å². The summed E-state index contributed by atoms with van der Waals surface area (Å²) in [5, 5.41) is 4.67. The Labute approximate surface area is 112 Å². The fourth-order valence-corrected chi connectivity index (χ4v) is 1.86. The highest BCUT2D eigenvalue weighted by Crippen LogP contribution is 2.12. The van der Waals surface area contributed by atoms with Crippen molar-refractivity contribution < 1.29 is 4.52 Å². The standard InChI is InChI=1S/C13H16ClN3O/c1-3-17(9-13-15-10(2)18-16-13)8-11-4-6-12(14)7-5-11/h4-7H,3,8-9H2,1-2H3. The number of nitrogens with zero attached hydrogens (tertiary/aromatic N) is 3. The smallest absolute Gasteiger partial charge is 0.223 e. The van der Waals surface area contributed by atoms with Crippen LogP contribution in [0.4, 0.5) is 0 Å². The number of aryl methyl sites for hydroxylation is 1. The van der Waals surface area contributed by atoms with Crippen molar-refractivity contribution in [1.29, 1.82) is 0 Å². The maximum absolute atomic E-state index is 5.87. The average molecular weight is 266 g/mol. The van der Waals surface area contributed by atoms with E-state index in [1.165, 1.54) is 5.56 Å². The second-order valence-corrected chi connectivity index (χ2v) is 4.60. The van der Waals surface area contributed by atoms with Gasteiger partial charge in [0.25, 0.3) is 0 Å². The predicted octanol–water partition coefficient (Wildman–Crippen LogP) is 3.05. The van der Waals surface area contributed by atoms with Crippen LogP contribution in [0.2, 0.25) is 5.02 Å². The van der Waals surface area contributed by atoms with Crippen molar-refractivity contribution in [3.05, 3.63) is 46.6 Å². The van der Waals surface area contributed by atoms with Crippen LogP contribution in [0.5, 0.6) is 0 Å². The van der Waals surface area contributed by atoms with Gasteiger partial charge in [0.2, 0.25) is 5.89 Å². The molecular formula is C13H16ClN3O. The van der Waals surface area contributed by atoms with Gasteiger partial charge in [-0.05, 0) is 24.2 Å². The molecule has 1 aromatic carbocycles. The monoisotopic (exact) mass is 265 g/mol. The maximum Gasteiger partial charge on any atom is 0.223 e. The summed E-state index contributed by atoms with van der Waals surface area (Å²) >= 11 is 5.87. The van der Waals surface area contributed by atoms with Crippen LogP contribution in [0.1, 0.15) is 24.2 Å². The van der Waals surface area contributed by atoms with Crippen LogP contribution in [-0.4, -0.2) is 21.6 Å². The molecule has 2 rings (SSSR count). The van der Waals surface area contributed by atoms with Crippen LogP contribution in [0.25, 0.3) is 0 Å². The molecule has 0 N–H and O–H groups in total. The minimum Gasteiger partial charge on any atom is -0.340 e. The normalized spacial score (nSPS) is 11.1.